The minimum Gasteiger partial charge on any atom is -0.485 e. The van der Waals surface area contributed by atoms with Gasteiger partial charge in [-0.25, -0.2) is 0 Å². The molecule has 35 heavy (non-hydrogen) atoms. The fraction of sp³-hybridized carbons (Fsp3) is 0.429. The first-order chi connectivity index (χ1) is 17.0. The molecule has 2 saturated heterocycles. The Morgan fingerprint density at radius 2 is 1.74 bits per heavy atom. The van der Waals surface area contributed by atoms with E-state index in [0.29, 0.717) is 43.2 Å². The van der Waals surface area contributed by atoms with E-state index >= 15 is 0 Å². The maximum atomic E-state index is 13.3. The molecule has 0 spiro atoms. The van der Waals surface area contributed by atoms with Crippen LogP contribution in [0.1, 0.15) is 44.9 Å². The van der Waals surface area contributed by atoms with Crippen LogP contribution in [0, 0.1) is 13.8 Å². The molecule has 2 aliphatic rings. The molecule has 2 aromatic carbocycles. The molecule has 184 valence electrons. The highest BCUT2D eigenvalue weighted by molar-refractivity contribution is 6.02. The minimum absolute atomic E-state index is 0.101. The first-order valence-corrected chi connectivity index (χ1v) is 12.4. The lowest BCUT2D eigenvalue weighted by atomic mass is 10.0. The van der Waals surface area contributed by atoms with Crippen LogP contribution in [0.5, 0.6) is 5.75 Å². The van der Waals surface area contributed by atoms with Gasteiger partial charge in [-0.1, -0.05) is 24.3 Å². The summed E-state index contributed by atoms with van der Waals surface area (Å²) in [5.74, 6) is 0.229. The summed E-state index contributed by atoms with van der Waals surface area (Å²) in [4.78, 5) is 28.3. The number of rotatable bonds is 7. The molecule has 2 fully saturated rings. The number of benzene rings is 2. The lowest BCUT2D eigenvalue weighted by Crippen LogP contribution is -2.40. The van der Waals surface area contributed by atoms with Gasteiger partial charge in [-0.3, -0.25) is 9.59 Å². The van der Waals surface area contributed by atoms with Crippen molar-refractivity contribution in [2.45, 2.75) is 39.3 Å². The van der Waals surface area contributed by atoms with Crippen molar-refractivity contribution in [3.8, 4) is 5.75 Å². The lowest BCUT2D eigenvalue weighted by Gasteiger charge is -2.27. The van der Waals surface area contributed by atoms with Gasteiger partial charge in [-0.2, -0.15) is 0 Å². The molecule has 0 bridgehead atoms. The Kier molecular flexibility index (Phi) is 6.88. The van der Waals surface area contributed by atoms with Crippen molar-refractivity contribution in [2.75, 3.05) is 39.5 Å². The van der Waals surface area contributed by atoms with Crippen LogP contribution in [-0.4, -0.2) is 66.8 Å². The Labute approximate surface area is 205 Å². The molecule has 1 amide bonds. The van der Waals surface area contributed by atoms with Crippen LogP contribution in [0.4, 0.5) is 0 Å². The van der Waals surface area contributed by atoms with Gasteiger partial charge >= 0.3 is 0 Å². The van der Waals surface area contributed by atoms with Crippen molar-refractivity contribution in [1.82, 2.24) is 9.47 Å². The highest BCUT2D eigenvalue weighted by atomic mass is 16.5. The van der Waals surface area contributed by atoms with E-state index in [9.17, 15) is 9.59 Å². The van der Waals surface area contributed by atoms with Crippen LogP contribution in [0.15, 0.2) is 42.5 Å². The summed E-state index contributed by atoms with van der Waals surface area (Å²) in [6.45, 7) is 7.55. The highest BCUT2D eigenvalue weighted by Gasteiger charge is 2.24. The molecule has 3 aromatic rings. The summed E-state index contributed by atoms with van der Waals surface area (Å²) >= 11 is 0. The van der Waals surface area contributed by atoms with Gasteiger partial charge in [0.15, 0.2) is 6.61 Å². The zero-order valence-electron chi connectivity index (χ0n) is 20.4. The first kappa shape index (κ1) is 23.6. The van der Waals surface area contributed by atoms with Gasteiger partial charge in [-0.15, -0.1) is 0 Å². The number of amides is 1. The number of nitrogens with zero attached hydrogens (tertiary/aromatic N) is 2. The summed E-state index contributed by atoms with van der Waals surface area (Å²) in [5.41, 5.74) is 3.09. The second-order valence-electron chi connectivity index (χ2n) is 9.34. The number of fused-ring (bicyclic) bond motifs is 1. The van der Waals surface area contributed by atoms with Gasteiger partial charge in [0.25, 0.3) is 5.91 Å². The smallest absolute Gasteiger partial charge is 0.257 e. The molecule has 2 aliphatic heterocycles. The monoisotopic (exact) mass is 476 g/mol. The Bertz CT molecular complexity index is 1240. The van der Waals surface area contributed by atoms with Crippen LogP contribution in [-0.2, 0) is 16.0 Å². The molecule has 0 N–H and O–H groups in total. The number of ketones is 1. The van der Waals surface area contributed by atoms with Crippen molar-refractivity contribution in [2.24, 2.45) is 0 Å². The van der Waals surface area contributed by atoms with E-state index in [1.807, 2.05) is 56.3 Å². The van der Waals surface area contributed by atoms with Crippen LogP contribution < -0.4 is 4.74 Å². The van der Waals surface area contributed by atoms with Gasteiger partial charge in [-0.05, 0) is 55.7 Å². The predicted molar refractivity (Wildman–Crippen MR) is 133 cm³/mol. The Morgan fingerprint density at radius 3 is 2.46 bits per heavy atom. The third kappa shape index (κ3) is 4.97. The van der Waals surface area contributed by atoms with Crippen LogP contribution in [0.25, 0.3) is 10.8 Å². The zero-order valence-corrected chi connectivity index (χ0v) is 20.4. The average molecular weight is 477 g/mol. The molecule has 5 rings (SSSR count). The maximum absolute atomic E-state index is 13.3. The summed E-state index contributed by atoms with van der Waals surface area (Å²) in [6, 6.07) is 13.5. The van der Waals surface area contributed by atoms with Gasteiger partial charge < -0.3 is 23.7 Å². The van der Waals surface area contributed by atoms with Gasteiger partial charge in [0.2, 0.25) is 5.78 Å². The quantitative estimate of drug-likeness (QED) is 0.479. The molecule has 0 saturated carbocycles. The number of aromatic nitrogens is 1. The van der Waals surface area contributed by atoms with Crippen molar-refractivity contribution in [3.05, 3.63) is 65.0 Å². The normalized spacial score (nSPS) is 18.2. The van der Waals surface area contributed by atoms with Crippen molar-refractivity contribution in [1.29, 1.82) is 0 Å². The number of ether oxygens (including phenoxy) is 3. The van der Waals surface area contributed by atoms with E-state index in [-0.39, 0.29) is 24.4 Å². The Balaban J connectivity index is 1.37. The van der Waals surface area contributed by atoms with Crippen molar-refractivity contribution < 1.29 is 23.8 Å². The van der Waals surface area contributed by atoms with E-state index in [0.717, 1.165) is 48.2 Å². The van der Waals surface area contributed by atoms with Crippen LogP contribution in [0.3, 0.4) is 0 Å². The minimum atomic E-state index is -0.133. The number of hydrogen-bond donors (Lipinski definition) is 0. The maximum Gasteiger partial charge on any atom is 0.257 e. The largest absolute Gasteiger partial charge is 0.485 e. The molecule has 7 nitrogen and oxygen atoms in total. The fourth-order valence-electron chi connectivity index (χ4n) is 5.02. The molecule has 1 aromatic heterocycles. The molecule has 3 heterocycles. The van der Waals surface area contributed by atoms with Crippen LogP contribution >= 0.6 is 0 Å². The van der Waals surface area contributed by atoms with Gasteiger partial charge in [0, 0.05) is 43.2 Å². The van der Waals surface area contributed by atoms with Crippen molar-refractivity contribution >= 4 is 22.5 Å². The zero-order chi connectivity index (χ0) is 24.4. The van der Waals surface area contributed by atoms with E-state index in [2.05, 4.69) is 4.57 Å². The second-order valence-corrected chi connectivity index (χ2v) is 9.34. The Hall–Kier alpha value is -3.16. The summed E-state index contributed by atoms with van der Waals surface area (Å²) in [5, 5.41) is 1.92. The second kappa shape index (κ2) is 10.2. The SMILES string of the molecule is Cc1cc(C(=O)COc2cc3ccccc3cc2C(=O)N2CCOCC2)c(C)n1CC1CCCO1. The number of morpholine rings is 1. The van der Waals surface area contributed by atoms with E-state index in [4.69, 9.17) is 14.2 Å². The fourth-order valence-corrected chi connectivity index (χ4v) is 5.02. The molecule has 7 heteroatoms. The number of aryl methyl sites for hydroxylation is 1. The van der Waals surface area contributed by atoms with Crippen molar-refractivity contribution in [3.63, 3.8) is 0 Å². The summed E-state index contributed by atoms with van der Waals surface area (Å²) < 4.78 is 19.4. The standard InChI is InChI=1S/C28H32N2O5/c1-19-14-24(20(2)30(19)17-23-8-5-11-34-23)26(31)18-35-27-16-22-7-4-3-6-21(22)15-25(27)28(32)29-9-12-33-13-10-29/h3-4,6-7,14-16,23H,5,8-13,17-18H2,1-2H3. The number of carbonyl (C=O) groups excluding carboxylic acids is 2. The summed E-state index contributed by atoms with van der Waals surface area (Å²) in [7, 11) is 0. The van der Waals surface area contributed by atoms with E-state index in [1.165, 1.54) is 0 Å². The van der Waals surface area contributed by atoms with Crippen LogP contribution in [0.2, 0.25) is 0 Å². The van der Waals surface area contributed by atoms with E-state index < -0.39 is 0 Å². The average Bonchev–Trinajstić information content (AvgIpc) is 3.50. The third-order valence-electron chi connectivity index (χ3n) is 7.02. The topological polar surface area (TPSA) is 70.0 Å². The summed E-state index contributed by atoms with van der Waals surface area (Å²) in [6.07, 6.45) is 2.33. The van der Waals surface area contributed by atoms with Gasteiger partial charge in [0.05, 0.1) is 24.9 Å². The Morgan fingerprint density at radius 1 is 1.00 bits per heavy atom. The molecule has 1 atom stereocenters. The number of hydrogen-bond acceptors (Lipinski definition) is 5. The number of Topliss-reactive ketones (excluding diaryl/α,β-unsaturated/α-hetero) is 1. The lowest BCUT2D eigenvalue weighted by molar-refractivity contribution is 0.0300. The predicted octanol–water partition coefficient (Wildman–Crippen LogP) is 4.17. The highest BCUT2D eigenvalue weighted by Crippen LogP contribution is 2.28. The molecular weight excluding hydrogens is 444 g/mol. The first-order valence-electron chi connectivity index (χ1n) is 12.4. The van der Waals surface area contributed by atoms with E-state index in [1.54, 1.807) is 4.90 Å². The molecular formula is C28H32N2O5. The van der Waals surface area contributed by atoms with Gasteiger partial charge in [0.1, 0.15) is 5.75 Å². The number of carbonyl (C=O) groups is 2. The molecule has 0 aliphatic carbocycles. The molecule has 0 radical (unpaired) electrons. The third-order valence-corrected chi connectivity index (χ3v) is 7.02. The molecule has 1 unspecified atom stereocenters.